The zero-order chi connectivity index (χ0) is 19.1. The second-order valence-electron chi connectivity index (χ2n) is 8.79. The molecular formula is C21H27N5O. The first kappa shape index (κ1) is 15.1. The van der Waals surface area contributed by atoms with Crippen LogP contribution >= 0.6 is 0 Å². The molecule has 3 aliphatic heterocycles. The van der Waals surface area contributed by atoms with E-state index in [0.717, 1.165) is 30.4 Å². The highest BCUT2D eigenvalue weighted by Gasteiger charge is 2.57. The molecule has 1 saturated carbocycles. The van der Waals surface area contributed by atoms with Gasteiger partial charge in [-0.15, -0.1) is 0 Å². The molecule has 1 spiro atoms. The largest absolute Gasteiger partial charge is 0.351 e. The van der Waals surface area contributed by atoms with Crippen LogP contribution in [0.4, 0.5) is 0 Å². The molecule has 3 unspecified atom stereocenters. The molecule has 27 heavy (non-hydrogen) atoms. The molecule has 4 aliphatic rings. The maximum absolute atomic E-state index is 13.2. The number of aromatic amines is 1. The molecule has 6 rings (SSSR count). The molecule has 4 heterocycles. The molecule has 1 amide bonds. The summed E-state index contributed by atoms with van der Waals surface area (Å²) >= 11 is 0. The van der Waals surface area contributed by atoms with Crippen molar-refractivity contribution in [1.82, 2.24) is 25.2 Å². The second kappa shape index (κ2) is 5.56. The molecule has 4 fully saturated rings. The number of hydrogen-bond acceptors (Lipinski definition) is 4. The van der Waals surface area contributed by atoms with Crippen molar-refractivity contribution in [3.05, 3.63) is 36.0 Å². The lowest BCUT2D eigenvalue weighted by atomic mass is 9.86. The van der Waals surface area contributed by atoms with E-state index in [9.17, 15) is 6.17 Å². The number of piperazine rings is 1. The third-order valence-electron chi connectivity index (χ3n) is 7.23. The van der Waals surface area contributed by atoms with Crippen molar-refractivity contribution in [3.8, 4) is 0 Å². The van der Waals surface area contributed by atoms with Crippen molar-refractivity contribution in [2.75, 3.05) is 33.2 Å². The van der Waals surface area contributed by atoms with Crippen LogP contribution in [0.2, 0.25) is 0 Å². The number of likely N-dealkylation sites (tertiary alicyclic amines) is 1. The van der Waals surface area contributed by atoms with Crippen LogP contribution in [0, 0.1) is 5.89 Å². The van der Waals surface area contributed by atoms with Crippen molar-refractivity contribution in [3.63, 3.8) is 0 Å². The summed E-state index contributed by atoms with van der Waals surface area (Å²) in [7, 11) is 2.21. The van der Waals surface area contributed by atoms with Crippen LogP contribution in [0.5, 0.6) is 0 Å². The predicted molar refractivity (Wildman–Crippen MR) is 104 cm³/mol. The third-order valence-corrected chi connectivity index (χ3v) is 7.23. The van der Waals surface area contributed by atoms with Crippen molar-refractivity contribution in [1.29, 1.82) is 0 Å². The average molecular weight is 366 g/mol. The van der Waals surface area contributed by atoms with Crippen LogP contribution < -0.4 is 5.43 Å². The van der Waals surface area contributed by atoms with Gasteiger partial charge >= 0.3 is 0 Å². The highest BCUT2D eigenvalue weighted by molar-refractivity contribution is 5.98. The van der Waals surface area contributed by atoms with Crippen molar-refractivity contribution in [2.45, 2.75) is 36.9 Å². The Morgan fingerprint density at radius 3 is 2.96 bits per heavy atom. The second-order valence-corrected chi connectivity index (χ2v) is 8.79. The Balaban J connectivity index is 1.26. The molecule has 142 valence electrons. The lowest BCUT2D eigenvalue weighted by molar-refractivity contribution is 0.0164. The van der Waals surface area contributed by atoms with Crippen molar-refractivity contribution < 1.29 is 6.17 Å². The number of rotatable bonds is 1. The number of H-pyrrole nitrogens is 1. The van der Waals surface area contributed by atoms with Gasteiger partial charge in [0, 0.05) is 62.0 Å². The number of carbonyl (C=O) groups excluding carboxylic acids is 1. The van der Waals surface area contributed by atoms with Crippen LogP contribution in [0.25, 0.3) is 10.9 Å². The fourth-order valence-electron chi connectivity index (χ4n) is 5.33. The number of nitrogens with zero attached hydrogens (tertiary/aromatic N) is 3. The number of piperidine rings is 1. The number of fused-ring (bicyclic) bond motifs is 4. The van der Waals surface area contributed by atoms with E-state index in [1.54, 1.807) is 0 Å². The summed E-state index contributed by atoms with van der Waals surface area (Å²) in [5.74, 6) is -0.646. The first-order valence-corrected chi connectivity index (χ1v) is 10.1. The van der Waals surface area contributed by atoms with Gasteiger partial charge in [0.25, 0.3) is 5.91 Å². The van der Waals surface area contributed by atoms with E-state index in [4.69, 9.17) is 0 Å². The summed E-state index contributed by atoms with van der Waals surface area (Å²) in [5, 5.41) is 3.39. The summed E-state index contributed by atoms with van der Waals surface area (Å²) in [4.78, 5) is 20.8. The molecule has 6 nitrogen and oxygen atoms in total. The van der Waals surface area contributed by atoms with E-state index in [2.05, 4.69) is 27.4 Å². The van der Waals surface area contributed by atoms with Gasteiger partial charge in [-0.25, -0.2) is 5.01 Å². The Labute approximate surface area is 160 Å². The minimum atomic E-state index is -0.662. The Hall–Kier alpha value is -1.89. The highest BCUT2D eigenvalue weighted by Crippen LogP contribution is 2.46. The van der Waals surface area contributed by atoms with Gasteiger partial charge in [0.2, 0.25) is 0 Å². The fraction of sp³-hybridized carbons (Fsp3) is 0.571. The smallest absolute Gasteiger partial charge is 0.270 e. The van der Waals surface area contributed by atoms with Gasteiger partial charge in [-0.05, 0) is 38.4 Å². The molecular weight excluding hydrogens is 338 g/mol. The van der Waals surface area contributed by atoms with Gasteiger partial charge in [-0.2, -0.15) is 0 Å². The molecule has 6 heteroatoms. The number of hydrazine groups is 1. The SMILES string of the molecule is [2H]C12CN(C(=O)c3cc4ccccc4[nH]3)CCC1NN1CC3(CC3)N(C)CC12. The Morgan fingerprint density at radius 1 is 1.30 bits per heavy atom. The first-order chi connectivity index (χ1) is 13.5. The summed E-state index contributed by atoms with van der Waals surface area (Å²) in [6.45, 7) is 3.09. The monoisotopic (exact) mass is 366 g/mol. The van der Waals surface area contributed by atoms with E-state index in [-0.39, 0.29) is 18.0 Å². The minimum absolute atomic E-state index is 0.0163. The maximum Gasteiger partial charge on any atom is 0.270 e. The number of nitrogens with one attached hydrogen (secondary N) is 2. The topological polar surface area (TPSA) is 54.6 Å². The number of para-hydroxylation sites is 1. The predicted octanol–water partition coefficient (Wildman–Crippen LogP) is 1.67. The molecule has 0 bridgehead atoms. The zero-order valence-electron chi connectivity index (χ0n) is 16.7. The van der Waals surface area contributed by atoms with Gasteiger partial charge in [0.1, 0.15) is 5.69 Å². The van der Waals surface area contributed by atoms with Crippen molar-refractivity contribution >= 4 is 16.8 Å². The minimum Gasteiger partial charge on any atom is -0.351 e. The Bertz CT molecular complexity index is 922. The number of aromatic nitrogens is 1. The highest BCUT2D eigenvalue weighted by atomic mass is 16.2. The van der Waals surface area contributed by atoms with Gasteiger partial charge in [0.15, 0.2) is 0 Å². The number of hydrogen-bond donors (Lipinski definition) is 2. The molecule has 2 N–H and O–H groups in total. The van der Waals surface area contributed by atoms with Gasteiger partial charge in [0.05, 0.1) is 0 Å². The van der Waals surface area contributed by atoms with E-state index in [0.29, 0.717) is 24.3 Å². The molecule has 3 atom stereocenters. The lowest BCUT2D eigenvalue weighted by Crippen LogP contribution is -2.60. The van der Waals surface area contributed by atoms with E-state index in [1.165, 1.54) is 12.8 Å². The first-order valence-electron chi connectivity index (χ1n) is 10.6. The fourth-order valence-corrected chi connectivity index (χ4v) is 5.33. The maximum atomic E-state index is 13.2. The normalized spacial score (nSPS) is 35.9. The number of likely N-dealkylation sites (N-methyl/N-ethyl adjacent to an activating group) is 1. The standard InChI is InChI=1S/C21H27N5O/c1-24-12-19-15-11-25(9-6-17(15)23-26(19)13-21(24)7-8-21)20(27)18-10-14-4-2-3-5-16(14)22-18/h2-5,10,15,17,19,22-23H,6-9,11-13H2,1H3/i15D. The lowest BCUT2D eigenvalue weighted by Gasteiger charge is -2.44. The molecule has 2 aromatic rings. The van der Waals surface area contributed by atoms with Crippen LogP contribution in [-0.4, -0.2) is 76.5 Å². The van der Waals surface area contributed by atoms with E-state index in [1.807, 2.05) is 35.2 Å². The quantitative estimate of drug-likeness (QED) is 0.806. The van der Waals surface area contributed by atoms with E-state index >= 15 is 0 Å². The number of amides is 1. The molecule has 1 aromatic carbocycles. The van der Waals surface area contributed by atoms with Crippen LogP contribution in [0.1, 0.15) is 31.1 Å². The molecule has 1 aliphatic carbocycles. The number of benzene rings is 1. The third kappa shape index (κ3) is 2.40. The molecule has 1 aromatic heterocycles. The van der Waals surface area contributed by atoms with Gasteiger partial charge in [-0.3, -0.25) is 15.1 Å². The molecule has 3 saturated heterocycles. The Morgan fingerprint density at radius 2 is 2.15 bits per heavy atom. The zero-order valence-corrected chi connectivity index (χ0v) is 15.7. The van der Waals surface area contributed by atoms with Crippen molar-refractivity contribution in [2.24, 2.45) is 5.89 Å². The summed E-state index contributed by atoms with van der Waals surface area (Å²) in [5.41, 5.74) is 5.59. The summed E-state index contributed by atoms with van der Waals surface area (Å²) < 4.78 is 9.36. The van der Waals surface area contributed by atoms with Crippen LogP contribution in [-0.2, 0) is 0 Å². The Kier molecular flexibility index (Phi) is 3.11. The van der Waals surface area contributed by atoms with E-state index < -0.39 is 5.89 Å². The van der Waals surface area contributed by atoms with Gasteiger partial charge < -0.3 is 9.88 Å². The molecule has 0 radical (unpaired) electrons. The van der Waals surface area contributed by atoms with Crippen LogP contribution in [0.15, 0.2) is 30.3 Å². The van der Waals surface area contributed by atoms with Gasteiger partial charge in [-0.1, -0.05) is 18.2 Å². The van der Waals surface area contributed by atoms with Crippen LogP contribution in [0.3, 0.4) is 0 Å². The summed E-state index contributed by atoms with van der Waals surface area (Å²) in [6, 6.07) is 10.2. The number of carbonyl (C=O) groups is 1. The summed E-state index contributed by atoms with van der Waals surface area (Å²) in [6.07, 6.45) is 3.35. The average Bonchev–Trinajstić information content (AvgIpc) is 3.23.